The van der Waals surface area contributed by atoms with E-state index < -0.39 is 29.9 Å². The van der Waals surface area contributed by atoms with Gasteiger partial charge in [0.1, 0.15) is 30.3 Å². The molecule has 0 spiro atoms. The van der Waals surface area contributed by atoms with Crippen molar-refractivity contribution in [3.63, 3.8) is 0 Å². The predicted molar refractivity (Wildman–Crippen MR) is 190 cm³/mol. The zero-order chi connectivity index (χ0) is 36.9. The molecular weight excluding hydrogens is 658 g/mol. The first-order chi connectivity index (χ1) is 24.5. The number of methoxy groups -OCH3 is 1. The molecule has 0 aromatic heterocycles. The van der Waals surface area contributed by atoms with Crippen LogP contribution in [0, 0.1) is 0 Å². The van der Waals surface area contributed by atoms with E-state index in [0.717, 1.165) is 11.1 Å². The van der Waals surface area contributed by atoms with E-state index in [0.29, 0.717) is 62.4 Å². The Labute approximate surface area is 299 Å². The molecule has 13 nitrogen and oxygen atoms in total. The second kappa shape index (κ2) is 21.6. The summed E-state index contributed by atoms with van der Waals surface area (Å²) in [5.41, 5.74) is 2.04. The summed E-state index contributed by atoms with van der Waals surface area (Å²) < 4.78 is 33.0. The third-order valence-electron chi connectivity index (χ3n) is 6.98. The number of carbonyl (C=O) groups excluding carboxylic acids is 4. The van der Waals surface area contributed by atoms with Crippen LogP contribution >= 0.6 is 0 Å². The lowest BCUT2D eigenvalue weighted by molar-refractivity contribution is 0.0525. The molecule has 3 amide bonds. The lowest BCUT2D eigenvalue weighted by atomic mass is 10.0. The summed E-state index contributed by atoms with van der Waals surface area (Å²) in [4.78, 5) is 49.0. The van der Waals surface area contributed by atoms with Crippen LogP contribution in [-0.2, 0) is 38.6 Å². The lowest BCUT2D eigenvalue weighted by Crippen LogP contribution is -2.33. The van der Waals surface area contributed by atoms with Gasteiger partial charge in [-0.25, -0.2) is 19.2 Å². The lowest BCUT2D eigenvalue weighted by Gasteiger charge is -2.20. The number of amides is 3. The van der Waals surface area contributed by atoms with Crippen LogP contribution in [-0.4, -0.2) is 69.8 Å². The zero-order valence-corrected chi connectivity index (χ0v) is 29.8. The van der Waals surface area contributed by atoms with Crippen molar-refractivity contribution in [2.45, 2.75) is 65.3 Å². The molecule has 0 radical (unpaired) electrons. The highest BCUT2D eigenvalue weighted by Gasteiger charge is 2.19. The molecular formula is C38H49N3O10. The number of alkyl carbamates (subject to hydrolysis) is 3. The Balaban J connectivity index is 1.59. The van der Waals surface area contributed by atoms with Gasteiger partial charge in [-0.3, -0.25) is 0 Å². The Morgan fingerprint density at radius 3 is 1.53 bits per heavy atom. The first kappa shape index (κ1) is 40.0. The minimum absolute atomic E-state index is 0.160. The molecule has 3 aromatic carbocycles. The third kappa shape index (κ3) is 16.2. The number of rotatable bonds is 19. The topological polar surface area (TPSA) is 160 Å². The minimum atomic E-state index is -0.628. The largest absolute Gasteiger partial charge is 0.493 e. The number of nitrogens with one attached hydrogen (secondary N) is 3. The van der Waals surface area contributed by atoms with Crippen LogP contribution in [0.3, 0.4) is 0 Å². The molecule has 51 heavy (non-hydrogen) atoms. The van der Waals surface area contributed by atoms with Gasteiger partial charge in [-0.15, -0.1) is 0 Å². The van der Waals surface area contributed by atoms with E-state index >= 15 is 0 Å². The fourth-order valence-electron chi connectivity index (χ4n) is 4.57. The number of hydrogen-bond acceptors (Lipinski definition) is 10. The highest BCUT2D eigenvalue weighted by atomic mass is 16.6. The fraction of sp³-hybridized carbons (Fsp3) is 0.421. The van der Waals surface area contributed by atoms with Gasteiger partial charge in [0.15, 0.2) is 0 Å². The van der Waals surface area contributed by atoms with Gasteiger partial charge in [0.25, 0.3) is 0 Å². The molecule has 3 aromatic rings. The molecule has 276 valence electrons. The Bertz CT molecular complexity index is 1440. The van der Waals surface area contributed by atoms with Crippen molar-refractivity contribution in [3.05, 3.63) is 95.1 Å². The third-order valence-corrected chi connectivity index (χ3v) is 6.98. The first-order valence-electron chi connectivity index (χ1n) is 16.9. The van der Waals surface area contributed by atoms with Crippen LogP contribution in [0.1, 0.15) is 67.1 Å². The summed E-state index contributed by atoms with van der Waals surface area (Å²) >= 11 is 0. The van der Waals surface area contributed by atoms with E-state index in [9.17, 15) is 19.2 Å². The van der Waals surface area contributed by atoms with Crippen molar-refractivity contribution in [1.29, 1.82) is 0 Å². The summed E-state index contributed by atoms with van der Waals surface area (Å²) in [5.74, 6) is 0.229. The van der Waals surface area contributed by atoms with Crippen molar-refractivity contribution >= 4 is 24.2 Å². The smallest absolute Gasteiger partial charge is 0.407 e. The number of carbonyl (C=O) groups is 4. The van der Waals surface area contributed by atoms with E-state index in [1.165, 1.54) is 7.11 Å². The molecule has 13 heteroatoms. The Hall–Kier alpha value is -5.46. The van der Waals surface area contributed by atoms with E-state index in [1.807, 2.05) is 60.7 Å². The molecule has 0 aliphatic rings. The molecule has 0 fully saturated rings. The van der Waals surface area contributed by atoms with Crippen LogP contribution in [0.15, 0.2) is 72.8 Å². The molecule has 0 aliphatic carbocycles. The average molecular weight is 708 g/mol. The van der Waals surface area contributed by atoms with Crippen LogP contribution in [0.25, 0.3) is 0 Å². The van der Waals surface area contributed by atoms with E-state index in [4.69, 9.17) is 28.4 Å². The zero-order valence-electron chi connectivity index (χ0n) is 29.8. The molecule has 0 atom stereocenters. The molecule has 0 saturated heterocycles. The van der Waals surface area contributed by atoms with Gasteiger partial charge in [-0.2, -0.15) is 0 Å². The van der Waals surface area contributed by atoms with Crippen LogP contribution in [0.2, 0.25) is 0 Å². The molecule has 3 N–H and O–H groups in total. The Morgan fingerprint density at radius 2 is 1.08 bits per heavy atom. The molecule has 0 bridgehead atoms. The predicted octanol–water partition coefficient (Wildman–Crippen LogP) is 6.32. The molecule has 0 heterocycles. The van der Waals surface area contributed by atoms with Gasteiger partial charge in [0.05, 0.1) is 25.9 Å². The quantitative estimate of drug-likeness (QED) is 0.0731. The van der Waals surface area contributed by atoms with E-state index in [2.05, 4.69) is 16.0 Å². The van der Waals surface area contributed by atoms with Crippen molar-refractivity contribution in [1.82, 2.24) is 16.0 Å². The van der Waals surface area contributed by atoms with Crippen molar-refractivity contribution in [2.75, 3.05) is 40.0 Å². The summed E-state index contributed by atoms with van der Waals surface area (Å²) in [7, 11) is 1.28. The minimum Gasteiger partial charge on any atom is -0.493 e. The Morgan fingerprint density at radius 1 is 0.627 bits per heavy atom. The van der Waals surface area contributed by atoms with Gasteiger partial charge in [-0.1, -0.05) is 60.7 Å². The highest BCUT2D eigenvalue weighted by Crippen LogP contribution is 2.33. The van der Waals surface area contributed by atoms with E-state index in [-0.39, 0.29) is 32.0 Å². The number of ether oxygens (including phenoxy) is 6. The summed E-state index contributed by atoms with van der Waals surface area (Å²) in [6.07, 6.45) is 0.221. The standard InChI is InChI=1S/C38H49N3O10/c1-38(2,3)51-37(45)41-19-11-18-31-32(47-22-12-20-39-35(43)49-26-28-14-7-5-8-15-28)24-30(34(42)46-4)25-33(31)48-23-13-21-40-36(44)50-27-29-16-9-6-10-17-29/h5-10,14-17,24-25H,11-13,18-23,26-27H2,1-4H3,(H,39,43)(H,40,44)(H,41,45). The van der Waals surface area contributed by atoms with Crippen molar-refractivity contribution in [2.24, 2.45) is 0 Å². The van der Waals surface area contributed by atoms with Crippen molar-refractivity contribution in [3.8, 4) is 11.5 Å². The highest BCUT2D eigenvalue weighted by molar-refractivity contribution is 5.90. The monoisotopic (exact) mass is 707 g/mol. The molecule has 0 unspecified atom stereocenters. The second-order valence-electron chi connectivity index (χ2n) is 12.4. The average Bonchev–Trinajstić information content (AvgIpc) is 3.11. The van der Waals surface area contributed by atoms with Gasteiger partial charge < -0.3 is 44.4 Å². The number of esters is 1. The number of hydrogen-bond donors (Lipinski definition) is 3. The summed E-state index contributed by atoms with van der Waals surface area (Å²) in [5, 5.41) is 8.16. The van der Waals surface area contributed by atoms with Crippen molar-refractivity contribution < 1.29 is 47.6 Å². The van der Waals surface area contributed by atoms with Crippen LogP contribution in [0.5, 0.6) is 11.5 Å². The summed E-state index contributed by atoms with van der Waals surface area (Å²) in [6.45, 7) is 7.00. The maximum absolute atomic E-state index is 12.6. The maximum atomic E-state index is 12.6. The number of benzene rings is 3. The van der Waals surface area contributed by atoms with Gasteiger partial charge in [0, 0.05) is 25.2 Å². The van der Waals surface area contributed by atoms with Crippen LogP contribution in [0.4, 0.5) is 14.4 Å². The second-order valence-corrected chi connectivity index (χ2v) is 12.4. The fourth-order valence-corrected chi connectivity index (χ4v) is 4.57. The normalized spacial score (nSPS) is 10.7. The molecule has 0 saturated carbocycles. The van der Waals surface area contributed by atoms with E-state index in [1.54, 1.807) is 32.9 Å². The Kier molecular flexibility index (Phi) is 16.9. The maximum Gasteiger partial charge on any atom is 0.407 e. The summed E-state index contributed by atoms with van der Waals surface area (Å²) in [6, 6.07) is 21.9. The molecule has 0 aliphatic heterocycles. The van der Waals surface area contributed by atoms with Gasteiger partial charge in [0.2, 0.25) is 0 Å². The van der Waals surface area contributed by atoms with Gasteiger partial charge >= 0.3 is 24.2 Å². The first-order valence-corrected chi connectivity index (χ1v) is 16.9. The van der Waals surface area contributed by atoms with Gasteiger partial charge in [-0.05, 0) is 69.7 Å². The SMILES string of the molecule is COC(=O)c1cc(OCCCNC(=O)OCc2ccccc2)c(CCCNC(=O)OC(C)(C)C)c(OCCCNC(=O)OCc2ccccc2)c1. The van der Waals surface area contributed by atoms with Crippen LogP contribution < -0.4 is 25.4 Å². The molecule has 3 rings (SSSR count).